The van der Waals surface area contributed by atoms with Gasteiger partial charge in [-0.2, -0.15) is 0 Å². The number of quaternary nitrogens is 1. The van der Waals surface area contributed by atoms with Gasteiger partial charge in [-0.15, -0.1) is 0 Å². The first-order valence-electron chi connectivity index (χ1n) is 22.2. The number of hydrogen-bond acceptors (Lipinski definition) is 7. The Labute approximate surface area is 337 Å². The van der Waals surface area contributed by atoms with Gasteiger partial charge in [0.25, 0.3) is 0 Å². The van der Waals surface area contributed by atoms with E-state index < -0.39 is 18.1 Å². The molecule has 0 saturated carbocycles. The van der Waals surface area contributed by atoms with Gasteiger partial charge in [-0.05, 0) is 64.2 Å². The quantitative estimate of drug-likeness (QED) is 0.0201. The number of hydrogen-bond donors (Lipinski definition) is 0. The summed E-state index contributed by atoms with van der Waals surface area (Å²) in [4.78, 5) is 36.8. The van der Waals surface area contributed by atoms with Crippen molar-refractivity contribution in [1.29, 1.82) is 0 Å². The van der Waals surface area contributed by atoms with E-state index in [1.54, 1.807) is 21.1 Å². The van der Waals surface area contributed by atoms with Crippen molar-refractivity contribution < 1.29 is 38.2 Å². The van der Waals surface area contributed by atoms with Gasteiger partial charge in [0.1, 0.15) is 12.6 Å². The van der Waals surface area contributed by atoms with E-state index in [2.05, 4.69) is 62.5 Å². The molecule has 0 rings (SSSR count). The molecule has 2 atom stereocenters. The van der Waals surface area contributed by atoms with Crippen LogP contribution in [0.2, 0.25) is 0 Å². The number of carbonyl (C=O) groups is 3. The lowest BCUT2D eigenvalue weighted by Gasteiger charge is -2.34. The number of unbranched alkanes of at least 4 members (excludes halogenated alkanes) is 19. The van der Waals surface area contributed by atoms with E-state index in [9.17, 15) is 19.5 Å². The van der Waals surface area contributed by atoms with Gasteiger partial charge >= 0.3 is 11.9 Å². The molecule has 0 spiro atoms. The molecule has 8 heteroatoms. The molecule has 0 radical (unpaired) electrons. The summed E-state index contributed by atoms with van der Waals surface area (Å²) in [6.07, 6.45) is 44.2. The maximum absolute atomic E-state index is 12.7. The van der Waals surface area contributed by atoms with E-state index in [1.807, 2.05) is 0 Å². The average molecular weight is 774 g/mol. The summed E-state index contributed by atoms with van der Waals surface area (Å²) in [7, 11) is 5.39. The summed E-state index contributed by atoms with van der Waals surface area (Å²) in [5, 5.41) is 11.6. The maximum Gasteiger partial charge on any atom is 0.306 e. The van der Waals surface area contributed by atoms with Crippen LogP contribution in [0.5, 0.6) is 0 Å². The number of carboxylic acids is 1. The number of nitrogens with zero attached hydrogens (tertiary/aromatic N) is 1. The van der Waals surface area contributed by atoms with Crippen LogP contribution >= 0.6 is 0 Å². The topological polar surface area (TPSA) is 102 Å². The number of rotatable bonds is 39. The molecule has 0 aliphatic carbocycles. The fraction of sp³-hybridized carbons (Fsp3) is 0.766. The molecule has 8 nitrogen and oxygen atoms in total. The highest BCUT2D eigenvalue weighted by Crippen LogP contribution is 2.13. The molecule has 0 N–H and O–H groups in total. The third-order valence-corrected chi connectivity index (χ3v) is 9.75. The molecule has 0 aromatic heterocycles. The molecule has 0 aliphatic heterocycles. The van der Waals surface area contributed by atoms with Crippen molar-refractivity contribution in [2.24, 2.45) is 0 Å². The minimum atomic E-state index is -1.13. The minimum absolute atomic E-state index is 0.0272. The molecule has 0 fully saturated rings. The third kappa shape index (κ3) is 36.7. The first-order valence-corrected chi connectivity index (χ1v) is 22.2. The van der Waals surface area contributed by atoms with Crippen molar-refractivity contribution in [3.8, 4) is 0 Å². The molecule has 0 bridgehead atoms. The Morgan fingerprint density at radius 3 is 1.47 bits per heavy atom. The van der Waals surface area contributed by atoms with Crippen LogP contribution in [0, 0.1) is 0 Å². The smallest absolute Gasteiger partial charge is 0.306 e. The summed E-state index contributed by atoms with van der Waals surface area (Å²) in [5.74, 6) is -1.78. The number of likely N-dealkylation sites (N-methyl/N-ethyl adjacent to an activating group) is 1. The van der Waals surface area contributed by atoms with Crippen molar-refractivity contribution >= 4 is 17.9 Å². The van der Waals surface area contributed by atoms with Crippen LogP contribution in [0.25, 0.3) is 0 Å². The average Bonchev–Trinajstić information content (AvgIpc) is 3.14. The molecule has 0 saturated heterocycles. The summed E-state index contributed by atoms with van der Waals surface area (Å²) in [6.45, 7) is 4.59. The molecule has 0 aliphatic rings. The normalized spacial score (nSPS) is 13.4. The molecule has 55 heavy (non-hydrogen) atoms. The molecule has 318 valence electrons. The summed E-state index contributed by atoms with van der Waals surface area (Å²) in [6, 6.07) is -0.732. The zero-order valence-electron chi connectivity index (χ0n) is 36.1. The molecule has 0 aromatic carbocycles. The number of carboxylic acid groups (broad SMARTS) is 1. The molecule has 0 amide bonds. The van der Waals surface area contributed by atoms with E-state index in [0.717, 1.165) is 77.0 Å². The minimum Gasteiger partial charge on any atom is -0.544 e. The fourth-order valence-corrected chi connectivity index (χ4v) is 6.24. The molecular formula is C47H83NO7. The molecule has 0 aromatic rings. The van der Waals surface area contributed by atoms with Crippen molar-refractivity contribution in [2.75, 3.05) is 41.0 Å². The number of esters is 2. The summed E-state index contributed by atoms with van der Waals surface area (Å²) in [5.41, 5.74) is 0. The van der Waals surface area contributed by atoms with Gasteiger partial charge in [0.15, 0.2) is 6.10 Å². The summed E-state index contributed by atoms with van der Waals surface area (Å²) < 4.78 is 17.1. The standard InChI is InChI=1S/C47H83NO7/c1-6-8-10-12-14-16-18-20-21-22-23-24-26-27-29-31-33-35-37-45(49)54-42-43(41-53-40-39-44(47(51)52)48(3,4)5)55-46(50)38-36-34-32-30-28-25-19-17-15-13-11-9-7-2/h18,20-25,28,43-44H,6-17,19,26-27,29-42H2,1-5H3/b20-18+,22-21+,24-23+,28-25+. The first-order chi connectivity index (χ1) is 26.6. The lowest BCUT2D eigenvalue weighted by Crippen LogP contribution is -2.55. The Bertz CT molecular complexity index is 1040. The number of ether oxygens (including phenoxy) is 3. The van der Waals surface area contributed by atoms with Crippen LogP contribution in [-0.4, -0.2) is 75.5 Å². The van der Waals surface area contributed by atoms with Gasteiger partial charge in [0.2, 0.25) is 0 Å². The van der Waals surface area contributed by atoms with Crippen LogP contribution in [0.15, 0.2) is 48.6 Å². The lowest BCUT2D eigenvalue weighted by atomic mass is 10.1. The Balaban J connectivity index is 4.40. The monoisotopic (exact) mass is 774 g/mol. The highest BCUT2D eigenvalue weighted by molar-refractivity contribution is 5.70. The van der Waals surface area contributed by atoms with E-state index in [-0.39, 0.29) is 42.7 Å². The predicted molar refractivity (Wildman–Crippen MR) is 226 cm³/mol. The highest BCUT2D eigenvalue weighted by Gasteiger charge is 2.25. The van der Waals surface area contributed by atoms with Crippen LogP contribution < -0.4 is 5.11 Å². The van der Waals surface area contributed by atoms with Crippen LogP contribution in [0.4, 0.5) is 0 Å². The van der Waals surface area contributed by atoms with Crippen molar-refractivity contribution in [3.63, 3.8) is 0 Å². The van der Waals surface area contributed by atoms with Crippen molar-refractivity contribution in [2.45, 2.75) is 193 Å². The van der Waals surface area contributed by atoms with Crippen LogP contribution in [-0.2, 0) is 28.6 Å². The number of carbonyl (C=O) groups excluding carboxylic acids is 3. The van der Waals surface area contributed by atoms with Gasteiger partial charge in [-0.25, -0.2) is 0 Å². The number of allylic oxidation sites excluding steroid dienone is 8. The van der Waals surface area contributed by atoms with E-state index in [4.69, 9.17) is 14.2 Å². The fourth-order valence-electron chi connectivity index (χ4n) is 6.24. The van der Waals surface area contributed by atoms with Crippen LogP contribution in [0.3, 0.4) is 0 Å². The molecular weight excluding hydrogens is 691 g/mol. The zero-order chi connectivity index (χ0) is 40.7. The zero-order valence-corrected chi connectivity index (χ0v) is 36.1. The third-order valence-electron chi connectivity index (χ3n) is 9.75. The van der Waals surface area contributed by atoms with Crippen LogP contribution in [0.1, 0.15) is 181 Å². The molecule has 2 unspecified atom stereocenters. The second-order valence-electron chi connectivity index (χ2n) is 16.0. The van der Waals surface area contributed by atoms with Gasteiger partial charge in [0.05, 0.1) is 40.3 Å². The molecule has 0 heterocycles. The Hall–Kier alpha value is -2.71. The SMILES string of the molecule is CCCCCCC/C=C/C=C/C=C/CCCCCCCC(=O)OCC(COCCC(C(=O)[O-])[N+](C)(C)C)OC(=O)CCCCC/C=C/CCCCCCCC. The second-order valence-corrected chi connectivity index (χ2v) is 16.0. The van der Waals surface area contributed by atoms with Crippen molar-refractivity contribution in [3.05, 3.63) is 48.6 Å². The van der Waals surface area contributed by atoms with Gasteiger partial charge < -0.3 is 28.6 Å². The van der Waals surface area contributed by atoms with Crippen molar-refractivity contribution in [1.82, 2.24) is 0 Å². The Morgan fingerprint density at radius 1 is 0.545 bits per heavy atom. The maximum atomic E-state index is 12.7. The largest absolute Gasteiger partial charge is 0.544 e. The van der Waals surface area contributed by atoms with E-state index in [0.29, 0.717) is 12.8 Å². The Kier molecular flexibility index (Phi) is 36.3. The first kappa shape index (κ1) is 52.3. The number of aliphatic carboxylic acids is 1. The van der Waals surface area contributed by atoms with Gasteiger partial charge in [-0.1, -0.05) is 146 Å². The van der Waals surface area contributed by atoms with E-state index >= 15 is 0 Å². The second kappa shape index (κ2) is 38.2. The van der Waals surface area contributed by atoms with Gasteiger partial charge in [-0.3, -0.25) is 9.59 Å². The van der Waals surface area contributed by atoms with Gasteiger partial charge in [0, 0.05) is 19.3 Å². The predicted octanol–water partition coefficient (Wildman–Crippen LogP) is 10.7. The highest BCUT2D eigenvalue weighted by atomic mass is 16.6. The Morgan fingerprint density at radius 2 is 0.982 bits per heavy atom. The summed E-state index contributed by atoms with van der Waals surface area (Å²) >= 11 is 0. The lowest BCUT2D eigenvalue weighted by molar-refractivity contribution is -0.889. The van der Waals surface area contributed by atoms with E-state index in [1.165, 1.54) is 70.6 Å².